The number of hydrogen-bond donors (Lipinski definition) is 0. The topological polar surface area (TPSA) is 54.0 Å². The number of rotatable bonds is 18. The van der Waals surface area contributed by atoms with Crippen molar-refractivity contribution < 1.29 is 23.1 Å². The number of carbonyl (C=O) groups excluding carboxylic acids is 1. The van der Waals surface area contributed by atoms with E-state index in [9.17, 15) is 4.79 Å². The summed E-state index contributed by atoms with van der Waals surface area (Å²) in [7, 11) is -4.04. The third-order valence-corrected chi connectivity index (χ3v) is 20.5. The maximum absolute atomic E-state index is 13.5. The van der Waals surface area contributed by atoms with E-state index >= 15 is 0 Å². The van der Waals surface area contributed by atoms with Crippen molar-refractivity contribution in [3.63, 3.8) is 0 Å². The van der Waals surface area contributed by atoms with Gasteiger partial charge in [0.1, 0.15) is 5.78 Å². The minimum atomic E-state index is -2.07. The summed E-state index contributed by atoms with van der Waals surface area (Å²) in [6.07, 6.45) is 15.5. The van der Waals surface area contributed by atoms with E-state index in [4.69, 9.17) is 18.3 Å². The van der Waals surface area contributed by atoms with Gasteiger partial charge in [0.15, 0.2) is 22.9 Å². The summed E-state index contributed by atoms with van der Waals surface area (Å²) in [5.74, 6) is 7.48. The van der Waals surface area contributed by atoms with Gasteiger partial charge in [-0.3, -0.25) is 4.79 Å². The molecule has 2 rings (SSSR count). The van der Waals surface area contributed by atoms with Crippen molar-refractivity contribution in [1.82, 2.24) is 0 Å². The zero-order chi connectivity index (χ0) is 34.8. The molecule has 0 unspecified atom stereocenters. The van der Waals surface area contributed by atoms with Gasteiger partial charge in [0, 0.05) is 32.0 Å². The fourth-order valence-electron chi connectivity index (χ4n) is 6.38. The molecule has 0 bridgehead atoms. The molecule has 0 aromatic rings. The summed E-state index contributed by atoms with van der Waals surface area (Å²) in [6.45, 7) is 30.8. The lowest BCUT2D eigenvalue weighted by atomic mass is 9.62. The van der Waals surface area contributed by atoms with Crippen LogP contribution in [0.25, 0.3) is 0 Å². The molecule has 0 aliphatic heterocycles. The van der Waals surface area contributed by atoms with Crippen LogP contribution in [-0.2, 0) is 23.1 Å². The highest BCUT2D eigenvalue weighted by molar-refractivity contribution is 6.74. The normalized spacial score (nSPS) is 23.7. The molecule has 0 N–H and O–H groups in total. The Labute approximate surface area is 287 Å². The second-order valence-electron chi connectivity index (χ2n) is 17.2. The Morgan fingerprint density at radius 3 is 2.15 bits per heavy atom. The van der Waals surface area contributed by atoms with Gasteiger partial charge in [-0.2, -0.15) is 0 Å². The van der Waals surface area contributed by atoms with Crippen LogP contribution >= 0.6 is 0 Å². The molecule has 2 fully saturated rings. The molecule has 5 nitrogen and oxygen atoms in total. The molecule has 46 heavy (non-hydrogen) atoms. The third kappa shape index (κ3) is 11.7. The molecule has 7 heteroatoms. The predicted molar refractivity (Wildman–Crippen MR) is 199 cm³/mol. The van der Waals surface area contributed by atoms with E-state index in [0.717, 1.165) is 32.1 Å². The Morgan fingerprint density at radius 2 is 1.61 bits per heavy atom. The molecule has 0 saturated heterocycles. The van der Waals surface area contributed by atoms with Crippen LogP contribution in [0.4, 0.5) is 0 Å². The molecular formula is C39H72O5Si2. The Kier molecular flexibility index (Phi) is 16.0. The van der Waals surface area contributed by atoms with Crippen molar-refractivity contribution in [3.05, 3.63) is 12.2 Å². The molecular weight excluding hydrogens is 605 g/mol. The van der Waals surface area contributed by atoms with Gasteiger partial charge in [-0.15, -0.1) is 5.92 Å². The number of Topliss-reactive ketones (excluding diaryl/α,β-unsaturated/α-hetero) is 1. The third-order valence-electron chi connectivity index (χ3n) is 11.6. The van der Waals surface area contributed by atoms with E-state index in [0.29, 0.717) is 25.4 Å². The number of hydrogen-bond acceptors (Lipinski definition) is 5. The second kappa shape index (κ2) is 17.8. The summed E-state index contributed by atoms with van der Waals surface area (Å²) >= 11 is 0. The molecule has 266 valence electrons. The Hall–Kier alpha value is -0.756. The van der Waals surface area contributed by atoms with Crippen molar-refractivity contribution in [2.75, 3.05) is 13.2 Å². The average molecular weight is 677 g/mol. The molecule has 0 amide bonds. The number of ketones is 1. The van der Waals surface area contributed by atoms with Crippen LogP contribution in [0.5, 0.6) is 0 Å². The fourth-order valence-corrected chi connectivity index (χ4v) is 9.12. The van der Waals surface area contributed by atoms with Gasteiger partial charge in [-0.05, 0) is 100 Å². The molecule has 2 saturated carbocycles. The van der Waals surface area contributed by atoms with Gasteiger partial charge in [-0.25, -0.2) is 0 Å². The summed E-state index contributed by atoms with van der Waals surface area (Å²) in [6, 6.07) is 0. The van der Waals surface area contributed by atoms with Crippen LogP contribution in [0.2, 0.25) is 36.3 Å². The highest BCUT2D eigenvalue weighted by Gasteiger charge is 2.49. The summed E-state index contributed by atoms with van der Waals surface area (Å²) < 4.78 is 25.3. The Morgan fingerprint density at radius 1 is 0.957 bits per heavy atom. The maximum atomic E-state index is 13.5. The predicted octanol–water partition coefficient (Wildman–Crippen LogP) is 10.9. The first-order valence-electron chi connectivity index (χ1n) is 18.5. The quantitative estimate of drug-likeness (QED) is 0.0475. The van der Waals surface area contributed by atoms with Crippen molar-refractivity contribution in [2.45, 2.75) is 188 Å². The lowest BCUT2D eigenvalue weighted by Crippen LogP contribution is -2.51. The standard InChI is InChI=1S/C39H72O5Si2/c1-14-26-39(27-22-28-39)36(44-46(12,13)38(7,8)9)25-21-24-33-32(23-19-17-16-18-20-29-42-31(3)41-15-2)34(40)30-35(33)43-45(10,11)37(4,5)6/h17,19,31-33,35-36H,14-16,18,20,22-23,25-30H2,1-13H3/b19-17-/t31-,32-,33+,35-,36-/m1/s1. The Bertz CT molecular complexity index is 1020. The van der Waals surface area contributed by atoms with E-state index in [1.54, 1.807) is 0 Å². The maximum Gasteiger partial charge on any atom is 0.192 e. The molecule has 2 aliphatic carbocycles. The first-order valence-corrected chi connectivity index (χ1v) is 24.4. The van der Waals surface area contributed by atoms with Gasteiger partial charge in [-0.1, -0.05) is 79.4 Å². The smallest absolute Gasteiger partial charge is 0.192 e. The fraction of sp³-hybridized carbons (Fsp3) is 0.872. The van der Waals surface area contributed by atoms with E-state index in [1.165, 1.54) is 32.1 Å². The van der Waals surface area contributed by atoms with Crippen LogP contribution < -0.4 is 0 Å². The van der Waals surface area contributed by atoms with E-state index in [2.05, 4.69) is 98.6 Å². The molecule has 0 spiro atoms. The number of carbonyl (C=O) groups is 1. The van der Waals surface area contributed by atoms with Gasteiger partial charge >= 0.3 is 0 Å². The van der Waals surface area contributed by atoms with Crippen molar-refractivity contribution >= 4 is 22.4 Å². The molecule has 0 aromatic heterocycles. The SMILES string of the molecule is CCCC1([C@@H](CC#C[C@@H]2[C@H](O[Si](C)(C)C(C)(C)C)CC(=O)[C@@H]2C/C=C\CCCCO[C@H](C)OCC)O[Si](C)(C)C(C)(C)C)CCC1. The molecule has 0 radical (unpaired) electrons. The van der Waals surface area contributed by atoms with E-state index in [-0.39, 0.29) is 45.8 Å². The largest absolute Gasteiger partial charge is 0.412 e. The van der Waals surface area contributed by atoms with Gasteiger partial charge in [0.05, 0.1) is 18.1 Å². The van der Waals surface area contributed by atoms with Crippen LogP contribution in [-0.4, -0.2) is 54.1 Å². The molecule has 5 atom stereocenters. The molecule has 0 aromatic carbocycles. The summed E-state index contributed by atoms with van der Waals surface area (Å²) in [4.78, 5) is 13.5. The van der Waals surface area contributed by atoms with Crippen LogP contribution in [0.3, 0.4) is 0 Å². The molecule has 2 aliphatic rings. The zero-order valence-corrected chi connectivity index (χ0v) is 34.3. The second-order valence-corrected chi connectivity index (χ2v) is 26.7. The monoisotopic (exact) mass is 676 g/mol. The average Bonchev–Trinajstić information content (AvgIpc) is 3.18. The highest BCUT2D eigenvalue weighted by Crippen LogP contribution is 2.52. The number of ether oxygens (including phenoxy) is 2. The lowest BCUT2D eigenvalue weighted by Gasteiger charge is -2.51. The van der Waals surface area contributed by atoms with E-state index in [1.807, 2.05) is 13.8 Å². The minimum absolute atomic E-state index is 0.0724. The lowest BCUT2D eigenvalue weighted by molar-refractivity contribution is -0.127. The van der Waals surface area contributed by atoms with Gasteiger partial charge in [0.25, 0.3) is 0 Å². The van der Waals surface area contributed by atoms with Crippen molar-refractivity contribution in [2.24, 2.45) is 17.3 Å². The number of allylic oxidation sites excluding steroid dienone is 2. The zero-order valence-electron chi connectivity index (χ0n) is 32.3. The first kappa shape index (κ1) is 41.4. The van der Waals surface area contributed by atoms with Crippen molar-refractivity contribution in [3.8, 4) is 11.8 Å². The number of unbranched alkanes of at least 4 members (excludes halogenated alkanes) is 2. The van der Waals surface area contributed by atoms with Crippen LogP contribution in [0.15, 0.2) is 12.2 Å². The first-order chi connectivity index (χ1) is 21.3. The van der Waals surface area contributed by atoms with Crippen molar-refractivity contribution in [1.29, 1.82) is 0 Å². The Balaban J connectivity index is 2.23. The van der Waals surface area contributed by atoms with Gasteiger partial charge < -0.3 is 18.3 Å². The van der Waals surface area contributed by atoms with Crippen LogP contribution in [0.1, 0.15) is 133 Å². The highest BCUT2D eigenvalue weighted by atomic mass is 28.4. The van der Waals surface area contributed by atoms with Gasteiger partial charge in [0.2, 0.25) is 0 Å². The molecule has 0 heterocycles. The summed E-state index contributed by atoms with van der Waals surface area (Å²) in [5, 5.41) is 0.233. The minimum Gasteiger partial charge on any atom is -0.412 e. The summed E-state index contributed by atoms with van der Waals surface area (Å²) in [5.41, 5.74) is 0.246. The van der Waals surface area contributed by atoms with Crippen LogP contribution in [0, 0.1) is 29.1 Å². The van der Waals surface area contributed by atoms with E-state index < -0.39 is 16.6 Å².